The predicted octanol–water partition coefficient (Wildman–Crippen LogP) is 3.22. The van der Waals surface area contributed by atoms with E-state index in [0.29, 0.717) is 19.4 Å². The summed E-state index contributed by atoms with van der Waals surface area (Å²) in [5, 5.41) is 8.59. The first-order valence-electron chi connectivity index (χ1n) is 7.36. The molecule has 3 nitrogen and oxygen atoms in total. The van der Waals surface area contributed by atoms with Gasteiger partial charge in [-0.25, -0.2) is 4.39 Å². The number of benzene rings is 1. The first-order valence-corrected chi connectivity index (χ1v) is 7.36. The van der Waals surface area contributed by atoms with E-state index in [4.69, 9.17) is 5.11 Å². The number of nitrogens with zero attached hydrogens (tertiary/aromatic N) is 1. The average Bonchev–Trinajstić information content (AvgIpc) is 2.42. The number of aliphatic carboxylic acids is 1. The van der Waals surface area contributed by atoms with Crippen molar-refractivity contribution >= 4 is 5.97 Å². The fraction of sp³-hybridized carbons (Fsp3) is 0.562. The number of carboxylic acid groups (broad SMARTS) is 1. The molecule has 0 unspecified atom stereocenters. The molecule has 1 heterocycles. The van der Waals surface area contributed by atoms with Crippen LogP contribution in [-0.2, 0) is 17.8 Å². The average molecular weight is 279 g/mol. The lowest BCUT2D eigenvalue weighted by Gasteiger charge is -2.26. The van der Waals surface area contributed by atoms with E-state index in [-0.39, 0.29) is 12.2 Å². The summed E-state index contributed by atoms with van der Waals surface area (Å²) in [6.45, 7) is 2.79. The van der Waals surface area contributed by atoms with Gasteiger partial charge in [-0.2, -0.15) is 0 Å². The van der Waals surface area contributed by atoms with Gasteiger partial charge in [0.2, 0.25) is 0 Å². The van der Waals surface area contributed by atoms with Gasteiger partial charge in [0.15, 0.2) is 0 Å². The van der Waals surface area contributed by atoms with Gasteiger partial charge >= 0.3 is 5.97 Å². The third-order valence-electron chi connectivity index (χ3n) is 3.82. The molecule has 1 aromatic carbocycles. The minimum absolute atomic E-state index is 0.136. The highest BCUT2D eigenvalue weighted by molar-refractivity contribution is 5.66. The van der Waals surface area contributed by atoms with Crippen LogP contribution in [0.15, 0.2) is 18.2 Å². The molecule has 0 spiro atoms. The van der Waals surface area contributed by atoms with Crippen LogP contribution in [0.4, 0.5) is 4.39 Å². The normalized spacial score (nSPS) is 16.2. The van der Waals surface area contributed by atoms with E-state index < -0.39 is 5.97 Å². The van der Waals surface area contributed by atoms with Gasteiger partial charge in [-0.3, -0.25) is 9.69 Å². The number of carbonyl (C=O) groups is 1. The lowest BCUT2D eigenvalue weighted by molar-refractivity contribution is -0.137. The van der Waals surface area contributed by atoms with E-state index in [1.165, 1.54) is 19.3 Å². The fourth-order valence-corrected chi connectivity index (χ4v) is 2.68. The molecule has 0 radical (unpaired) electrons. The molecule has 1 fully saturated rings. The Morgan fingerprint density at radius 3 is 2.65 bits per heavy atom. The SMILES string of the molecule is O=C(O)CCCc1ccc(CN2CCCCC2)c(F)c1. The van der Waals surface area contributed by atoms with Crippen LogP contribution in [0.1, 0.15) is 43.2 Å². The van der Waals surface area contributed by atoms with Gasteiger partial charge in [0.05, 0.1) is 0 Å². The Balaban J connectivity index is 1.89. The Hall–Kier alpha value is -1.42. The molecule has 1 aliphatic rings. The minimum Gasteiger partial charge on any atom is -0.481 e. The molecule has 0 atom stereocenters. The molecule has 0 aliphatic carbocycles. The first kappa shape index (κ1) is 15.0. The molecule has 4 heteroatoms. The van der Waals surface area contributed by atoms with Crippen molar-refractivity contribution in [2.45, 2.75) is 45.1 Å². The summed E-state index contributed by atoms with van der Waals surface area (Å²) in [6, 6.07) is 5.32. The number of hydrogen-bond donors (Lipinski definition) is 1. The molecular formula is C16H22FNO2. The van der Waals surface area contributed by atoms with Crippen molar-refractivity contribution in [3.05, 3.63) is 35.1 Å². The highest BCUT2D eigenvalue weighted by Crippen LogP contribution is 2.17. The molecule has 1 aromatic rings. The van der Waals surface area contributed by atoms with Crippen LogP contribution in [0.25, 0.3) is 0 Å². The van der Waals surface area contributed by atoms with E-state index in [9.17, 15) is 9.18 Å². The molecule has 110 valence electrons. The summed E-state index contributed by atoms with van der Waals surface area (Å²) in [4.78, 5) is 12.7. The maximum atomic E-state index is 14.0. The highest BCUT2D eigenvalue weighted by Gasteiger charge is 2.13. The zero-order chi connectivity index (χ0) is 14.4. The Bertz CT molecular complexity index is 456. The summed E-state index contributed by atoms with van der Waals surface area (Å²) in [5.74, 6) is -0.962. The molecule has 1 aliphatic heterocycles. The van der Waals surface area contributed by atoms with Gasteiger partial charge in [-0.05, 0) is 50.4 Å². The summed E-state index contributed by atoms with van der Waals surface area (Å²) in [5.41, 5.74) is 1.63. The number of likely N-dealkylation sites (tertiary alicyclic amines) is 1. The maximum absolute atomic E-state index is 14.0. The summed E-state index contributed by atoms with van der Waals surface area (Å²) in [7, 11) is 0. The largest absolute Gasteiger partial charge is 0.481 e. The second-order valence-electron chi connectivity index (χ2n) is 5.51. The van der Waals surface area contributed by atoms with Gasteiger partial charge in [0.25, 0.3) is 0 Å². The summed E-state index contributed by atoms with van der Waals surface area (Å²) >= 11 is 0. The lowest BCUT2D eigenvalue weighted by Crippen LogP contribution is -2.29. The standard InChI is InChI=1S/C16H22FNO2/c17-15-11-13(5-4-6-16(19)20)7-8-14(15)12-18-9-2-1-3-10-18/h7-8,11H,1-6,9-10,12H2,(H,19,20). The number of hydrogen-bond acceptors (Lipinski definition) is 2. The van der Waals surface area contributed by atoms with Gasteiger partial charge in [-0.1, -0.05) is 18.6 Å². The second-order valence-corrected chi connectivity index (χ2v) is 5.51. The van der Waals surface area contributed by atoms with Gasteiger partial charge in [0.1, 0.15) is 5.82 Å². The molecule has 0 amide bonds. The quantitative estimate of drug-likeness (QED) is 0.869. The van der Waals surface area contributed by atoms with E-state index in [0.717, 1.165) is 24.2 Å². The van der Waals surface area contributed by atoms with E-state index in [1.54, 1.807) is 6.07 Å². The van der Waals surface area contributed by atoms with Crippen LogP contribution in [0.5, 0.6) is 0 Å². The molecule has 1 N–H and O–H groups in total. The Morgan fingerprint density at radius 1 is 1.25 bits per heavy atom. The summed E-state index contributed by atoms with van der Waals surface area (Å²) in [6.07, 6.45) is 5.00. The van der Waals surface area contributed by atoms with Crippen molar-refractivity contribution in [1.82, 2.24) is 4.90 Å². The zero-order valence-corrected chi connectivity index (χ0v) is 11.8. The number of carboxylic acids is 1. The number of halogens is 1. The van der Waals surface area contributed by atoms with Crippen LogP contribution in [0.2, 0.25) is 0 Å². The third kappa shape index (κ3) is 4.60. The summed E-state index contributed by atoms with van der Waals surface area (Å²) < 4.78 is 14.0. The van der Waals surface area contributed by atoms with Gasteiger partial charge in [-0.15, -0.1) is 0 Å². The third-order valence-corrected chi connectivity index (χ3v) is 3.82. The van der Waals surface area contributed by atoms with E-state index >= 15 is 0 Å². The molecule has 0 aromatic heterocycles. The second kappa shape index (κ2) is 7.39. The van der Waals surface area contributed by atoms with Crippen molar-refractivity contribution in [1.29, 1.82) is 0 Å². The van der Waals surface area contributed by atoms with Crippen molar-refractivity contribution in [3.63, 3.8) is 0 Å². The Kier molecular flexibility index (Phi) is 5.53. The molecular weight excluding hydrogens is 257 g/mol. The van der Waals surface area contributed by atoms with Crippen molar-refractivity contribution in [3.8, 4) is 0 Å². The molecule has 0 bridgehead atoms. The predicted molar refractivity (Wildman–Crippen MR) is 76.1 cm³/mol. The van der Waals surface area contributed by atoms with Crippen molar-refractivity contribution < 1.29 is 14.3 Å². The molecule has 0 saturated carbocycles. The topological polar surface area (TPSA) is 40.5 Å². The molecule has 20 heavy (non-hydrogen) atoms. The van der Waals surface area contributed by atoms with Gasteiger partial charge < -0.3 is 5.11 Å². The monoisotopic (exact) mass is 279 g/mol. The van der Waals surface area contributed by atoms with Crippen LogP contribution >= 0.6 is 0 Å². The van der Waals surface area contributed by atoms with Crippen LogP contribution in [0, 0.1) is 5.82 Å². The maximum Gasteiger partial charge on any atom is 0.303 e. The Morgan fingerprint density at radius 2 is 2.00 bits per heavy atom. The van der Waals surface area contributed by atoms with Crippen LogP contribution in [-0.4, -0.2) is 29.1 Å². The minimum atomic E-state index is -0.799. The first-order chi connectivity index (χ1) is 9.65. The molecule has 1 saturated heterocycles. The number of rotatable bonds is 6. The van der Waals surface area contributed by atoms with Crippen LogP contribution in [0.3, 0.4) is 0 Å². The van der Waals surface area contributed by atoms with Gasteiger partial charge in [0, 0.05) is 18.5 Å². The number of aryl methyl sites for hydroxylation is 1. The van der Waals surface area contributed by atoms with Crippen molar-refractivity contribution in [2.24, 2.45) is 0 Å². The van der Waals surface area contributed by atoms with E-state index in [1.807, 2.05) is 12.1 Å². The fourth-order valence-electron chi connectivity index (χ4n) is 2.68. The van der Waals surface area contributed by atoms with E-state index in [2.05, 4.69) is 4.90 Å². The number of piperidine rings is 1. The Labute approximate surface area is 119 Å². The van der Waals surface area contributed by atoms with Crippen LogP contribution < -0.4 is 0 Å². The zero-order valence-electron chi connectivity index (χ0n) is 11.8. The lowest BCUT2D eigenvalue weighted by atomic mass is 10.0. The smallest absolute Gasteiger partial charge is 0.303 e. The van der Waals surface area contributed by atoms with Crippen molar-refractivity contribution in [2.75, 3.05) is 13.1 Å². The highest BCUT2D eigenvalue weighted by atomic mass is 19.1. The molecule has 2 rings (SSSR count).